The highest BCUT2D eigenvalue weighted by atomic mass is 79.9. The number of morpholine rings is 1. The van der Waals surface area contributed by atoms with Crippen LogP contribution in [-0.4, -0.2) is 39.3 Å². The lowest BCUT2D eigenvalue weighted by molar-refractivity contribution is -0.385. The first kappa shape index (κ1) is 18.8. The fourth-order valence-corrected chi connectivity index (χ4v) is 4.42. The molecule has 3 rings (SSSR count). The Kier molecular flexibility index (Phi) is 5.31. The van der Waals surface area contributed by atoms with Crippen LogP contribution in [0.2, 0.25) is 0 Å². The number of rotatable bonds is 4. The van der Waals surface area contributed by atoms with E-state index < -0.39 is 14.8 Å². The predicted octanol–water partition coefficient (Wildman–Crippen LogP) is 3.34. The number of hydrogen-bond donors (Lipinski definition) is 0. The van der Waals surface area contributed by atoms with Crippen LogP contribution in [0.3, 0.4) is 0 Å². The largest absolute Gasteiger partial charge is 0.370 e. The molecule has 9 heteroatoms. The number of anilines is 1. The minimum Gasteiger partial charge on any atom is -0.370 e. The molecule has 2 aromatic rings. The van der Waals surface area contributed by atoms with Crippen molar-refractivity contribution < 1.29 is 18.1 Å². The van der Waals surface area contributed by atoms with E-state index in [2.05, 4.69) is 15.9 Å². The summed E-state index contributed by atoms with van der Waals surface area (Å²) in [6.45, 7) is 1.37. The highest BCUT2D eigenvalue weighted by Crippen LogP contribution is 2.34. The number of benzene rings is 2. The molecule has 1 heterocycles. The van der Waals surface area contributed by atoms with Gasteiger partial charge in [-0.25, -0.2) is 8.42 Å². The van der Waals surface area contributed by atoms with E-state index in [0.717, 1.165) is 22.4 Å². The second-order valence-corrected chi connectivity index (χ2v) is 8.85. The van der Waals surface area contributed by atoms with E-state index in [9.17, 15) is 18.5 Å². The number of hydrogen-bond acceptors (Lipinski definition) is 6. The number of ether oxygens (including phenoxy) is 1. The molecule has 26 heavy (non-hydrogen) atoms. The van der Waals surface area contributed by atoms with Gasteiger partial charge < -0.3 is 9.64 Å². The van der Waals surface area contributed by atoms with Crippen LogP contribution in [0.5, 0.6) is 0 Å². The molecule has 0 aliphatic carbocycles. The molecule has 0 aromatic heterocycles. The lowest BCUT2D eigenvalue weighted by Crippen LogP contribution is -2.39. The Hall–Kier alpha value is -1.97. The van der Waals surface area contributed by atoms with Gasteiger partial charge in [0, 0.05) is 36.0 Å². The van der Waals surface area contributed by atoms with Crippen molar-refractivity contribution in [2.75, 3.05) is 30.9 Å². The summed E-state index contributed by atoms with van der Waals surface area (Å²) in [6.07, 6.45) is 0.822. The van der Waals surface area contributed by atoms with Crippen molar-refractivity contribution in [1.82, 2.24) is 0 Å². The summed E-state index contributed by atoms with van der Waals surface area (Å²) in [5.41, 5.74) is 1.18. The van der Waals surface area contributed by atoms with Gasteiger partial charge in [-0.3, -0.25) is 10.1 Å². The lowest BCUT2D eigenvalue weighted by atomic mass is 10.1. The summed E-state index contributed by atoms with van der Waals surface area (Å²) >= 11 is 3.51. The van der Waals surface area contributed by atoms with Gasteiger partial charge in [0.2, 0.25) is 0 Å². The van der Waals surface area contributed by atoms with Gasteiger partial charge in [0.25, 0.3) is 5.69 Å². The van der Waals surface area contributed by atoms with Gasteiger partial charge in [0.15, 0.2) is 9.84 Å². The zero-order valence-corrected chi connectivity index (χ0v) is 16.4. The normalized spacial score (nSPS) is 17.9. The monoisotopic (exact) mass is 440 g/mol. The number of sulfone groups is 1. The molecular weight excluding hydrogens is 424 g/mol. The topological polar surface area (TPSA) is 89.8 Å². The molecule has 1 atom stereocenters. The van der Waals surface area contributed by atoms with Gasteiger partial charge in [0.05, 0.1) is 22.1 Å². The summed E-state index contributed by atoms with van der Waals surface area (Å²) in [7, 11) is -3.63. The van der Waals surface area contributed by atoms with Crippen LogP contribution in [0.4, 0.5) is 11.4 Å². The lowest BCUT2D eigenvalue weighted by Gasteiger charge is -2.35. The molecule has 2 aromatic carbocycles. The van der Waals surface area contributed by atoms with Gasteiger partial charge in [-0.2, -0.15) is 0 Å². The Bertz CT molecular complexity index is 948. The van der Waals surface area contributed by atoms with E-state index in [1.807, 2.05) is 29.2 Å². The number of nitro groups is 1. The van der Waals surface area contributed by atoms with Gasteiger partial charge in [0.1, 0.15) is 6.10 Å². The smallest absolute Gasteiger partial charge is 0.270 e. The van der Waals surface area contributed by atoms with Crippen LogP contribution in [0.25, 0.3) is 0 Å². The molecule has 0 radical (unpaired) electrons. The fraction of sp³-hybridized carbons (Fsp3) is 0.294. The molecule has 0 N–H and O–H groups in total. The van der Waals surface area contributed by atoms with Crippen LogP contribution in [-0.2, 0) is 14.6 Å². The second-order valence-electron chi connectivity index (χ2n) is 6.01. The maximum atomic E-state index is 12.2. The Balaban J connectivity index is 1.98. The molecule has 7 nitrogen and oxygen atoms in total. The van der Waals surface area contributed by atoms with E-state index in [1.165, 1.54) is 12.1 Å². The molecular formula is C17H17BrN2O5S. The van der Waals surface area contributed by atoms with Crippen molar-refractivity contribution in [3.05, 3.63) is 62.6 Å². The number of nitro benzene ring substituents is 1. The molecule has 138 valence electrons. The number of halogens is 1. The van der Waals surface area contributed by atoms with Crippen molar-refractivity contribution in [2.24, 2.45) is 0 Å². The minimum atomic E-state index is -3.63. The van der Waals surface area contributed by atoms with E-state index in [0.29, 0.717) is 25.4 Å². The second kappa shape index (κ2) is 7.34. The van der Waals surface area contributed by atoms with Crippen LogP contribution in [0, 0.1) is 10.1 Å². The molecule has 1 aliphatic heterocycles. The van der Waals surface area contributed by atoms with E-state index in [4.69, 9.17) is 4.74 Å². The Labute approximate surface area is 159 Å². The SMILES string of the molecule is CS(=O)(=O)c1cc([N+](=O)[O-])ccc1N1CCOC(c2ccccc2Br)C1. The number of nitrogens with zero attached hydrogens (tertiary/aromatic N) is 2. The van der Waals surface area contributed by atoms with Crippen LogP contribution in [0.1, 0.15) is 11.7 Å². The predicted molar refractivity (Wildman–Crippen MR) is 101 cm³/mol. The molecule has 1 saturated heterocycles. The first-order valence-electron chi connectivity index (χ1n) is 7.87. The van der Waals surface area contributed by atoms with E-state index in [-0.39, 0.29) is 16.7 Å². The third-order valence-electron chi connectivity index (χ3n) is 4.21. The maximum absolute atomic E-state index is 12.2. The average molecular weight is 441 g/mol. The average Bonchev–Trinajstić information content (AvgIpc) is 2.61. The summed E-state index contributed by atoms with van der Waals surface area (Å²) in [4.78, 5) is 12.3. The Morgan fingerprint density at radius 1 is 1.27 bits per heavy atom. The Morgan fingerprint density at radius 3 is 2.65 bits per heavy atom. The third-order valence-corrected chi connectivity index (χ3v) is 6.06. The van der Waals surface area contributed by atoms with Crippen LogP contribution >= 0.6 is 15.9 Å². The van der Waals surface area contributed by atoms with Gasteiger partial charge in [-0.15, -0.1) is 0 Å². The zero-order chi connectivity index (χ0) is 18.9. The van der Waals surface area contributed by atoms with Gasteiger partial charge in [-0.1, -0.05) is 34.1 Å². The quantitative estimate of drug-likeness (QED) is 0.534. The molecule has 1 unspecified atom stereocenters. The first-order valence-corrected chi connectivity index (χ1v) is 10.6. The first-order chi connectivity index (χ1) is 12.3. The summed E-state index contributed by atoms with van der Waals surface area (Å²) in [5.74, 6) is 0. The van der Waals surface area contributed by atoms with Crippen molar-refractivity contribution in [3.63, 3.8) is 0 Å². The maximum Gasteiger partial charge on any atom is 0.270 e. The molecule has 0 amide bonds. The highest BCUT2D eigenvalue weighted by Gasteiger charge is 2.28. The molecule has 1 fully saturated rings. The fourth-order valence-electron chi connectivity index (χ4n) is 2.97. The summed E-state index contributed by atoms with van der Waals surface area (Å²) in [6, 6.07) is 11.6. The van der Waals surface area contributed by atoms with Crippen molar-refractivity contribution in [1.29, 1.82) is 0 Å². The van der Waals surface area contributed by atoms with Gasteiger partial charge >= 0.3 is 0 Å². The van der Waals surface area contributed by atoms with Crippen LogP contribution < -0.4 is 4.90 Å². The highest BCUT2D eigenvalue weighted by molar-refractivity contribution is 9.10. The molecule has 0 saturated carbocycles. The molecule has 0 bridgehead atoms. The van der Waals surface area contributed by atoms with E-state index >= 15 is 0 Å². The van der Waals surface area contributed by atoms with Crippen LogP contribution in [0.15, 0.2) is 51.8 Å². The zero-order valence-electron chi connectivity index (χ0n) is 14.0. The number of non-ortho nitro benzene ring substituents is 1. The summed E-state index contributed by atoms with van der Waals surface area (Å²) in [5, 5.41) is 11.0. The third kappa shape index (κ3) is 3.89. The van der Waals surface area contributed by atoms with Gasteiger partial charge in [-0.05, 0) is 17.7 Å². The molecule has 1 aliphatic rings. The van der Waals surface area contributed by atoms with E-state index in [1.54, 1.807) is 0 Å². The summed E-state index contributed by atoms with van der Waals surface area (Å²) < 4.78 is 31.1. The van der Waals surface area contributed by atoms with Crippen molar-refractivity contribution >= 4 is 37.1 Å². The Morgan fingerprint density at radius 2 is 2.00 bits per heavy atom. The molecule has 0 spiro atoms. The standard InChI is InChI=1S/C17H17BrN2O5S/c1-26(23,24)17-10-12(20(21)22)6-7-15(17)19-8-9-25-16(11-19)13-4-2-3-5-14(13)18/h2-7,10,16H,8-9,11H2,1H3. The minimum absolute atomic E-state index is 0.0422. The van der Waals surface area contributed by atoms with Crippen molar-refractivity contribution in [3.8, 4) is 0 Å². The van der Waals surface area contributed by atoms with Crippen molar-refractivity contribution in [2.45, 2.75) is 11.0 Å².